The number of carboxylic acids is 1. The molecule has 6 heteroatoms. The molecular weight excluding hydrogens is 298 g/mol. The summed E-state index contributed by atoms with van der Waals surface area (Å²) in [7, 11) is 1.34. The van der Waals surface area contributed by atoms with Crippen molar-refractivity contribution in [2.24, 2.45) is 0 Å². The second-order valence-corrected chi connectivity index (χ2v) is 4.92. The third-order valence-electron chi connectivity index (χ3n) is 3.30. The first kappa shape index (κ1) is 16.2. The molecular formula is C17H15NO5. The van der Waals surface area contributed by atoms with Gasteiger partial charge in [0, 0.05) is 6.07 Å². The highest BCUT2D eigenvalue weighted by atomic mass is 16.6. The van der Waals surface area contributed by atoms with E-state index < -0.39 is 10.9 Å². The minimum absolute atomic E-state index is 0.0597. The van der Waals surface area contributed by atoms with E-state index in [-0.39, 0.29) is 17.0 Å². The molecule has 118 valence electrons. The molecule has 23 heavy (non-hydrogen) atoms. The van der Waals surface area contributed by atoms with Crippen LogP contribution in [0, 0.1) is 17.0 Å². The van der Waals surface area contributed by atoms with E-state index in [2.05, 4.69) is 0 Å². The first-order valence-corrected chi connectivity index (χ1v) is 6.77. The Balaban J connectivity index is 2.52. The van der Waals surface area contributed by atoms with Gasteiger partial charge in [-0.2, -0.15) is 0 Å². The topological polar surface area (TPSA) is 89.7 Å². The average molecular weight is 313 g/mol. The molecule has 0 amide bonds. The molecule has 0 aliphatic heterocycles. The minimum Gasteiger partial charge on any atom is -0.490 e. The van der Waals surface area contributed by atoms with Crippen LogP contribution in [0.3, 0.4) is 0 Å². The molecule has 0 radical (unpaired) electrons. The summed E-state index contributed by atoms with van der Waals surface area (Å²) >= 11 is 0. The lowest BCUT2D eigenvalue weighted by Crippen LogP contribution is -2.00. The molecule has 0 bridgehead atoms. The molecule has 0 unspecified atom stereocenters. The number of ether oxygens (including phenoxy) is 1. The Morgan fingerprint density at radius 3 is 2.39 bits per heavy atom. The highest BCUT2D eigenvalue weighted by molar-refractivity contribution is 6.20. The van der Waals surface area contributed by atoms with Gasteiger partial charge in [0.15, 0.2) is 5.75 Å². The van der Waals surface area contributed by atoms with E-state index in [1.165, 1.54) is 25.3 Å². The molecule has 6 nitrogen and oxygen atoms in total. The van der Waals surface area contributed by atoms with E-state index in [9.17, 15) is 20.0 Å². The summed E-state index contributed by atoms with van der Waals surface area (Å²) in [5.41, 5.74) is 1.80. The first-order valence-electron chi connectivity index (χ1n) is 6.77. The molecule has 0 saturated carbocycles. The zero-order valence-electron chi connectivity index (χ0n) is 12.6. The quantitative estimate of drug-likeness (QED) is 0.394. The lowest BCUT2D eigenvalue weighted by Gasteiger charge is -2.05. The van der Waals surface area contributed by atoms with Gasteiger partial charge in [0.1, 0.15) is 0 Å². The van der Waals surface area contributed by atoms with Crippen LogP contribution in [0.4, 0.5) is 5.69 Å². The standard InChI is InChI=1S/C17H15NO5/c1-11-3-6-13(7-4-11)14(17(19)20)9-12-5-8-16(23-2)15(10-12)18(21)22/h3-10H,1-2H3,(H,19,20)/b14-9-. The van der Waals surface area contributed by atoms with Gasteiger partial charge in [0.25, 0.3) is 0 Å². The predicted molar refractivity (Wildman–Crippen MR) is 86.3 cm³/mol. The Bertz CT molecular complexity index is 778. The largest absolute Gasteiger partial charge is 0.490 e. The second kappa shape index (κ2) is 6.74. The number of aryl methyl sites for hydroxylation is 1. The van der Waals surface area contributed by atoms with Crippen LogP contribution >= 0.6 is 0 Å². The van der Waals surface area contributed by atoms with Crippen molar-refractivity contribution in [3.63, 3.8) is 0 Å². The molecule has 0 fully saturated rings. The fourth-order valence-corrected chi connectivity index (χ4v) is 2.11. The summed E-state index contributed by atoms with van der Waals surface area (Å²) in [6, 6.07) is 11.3. The third-order valence-corrected chi connectivity index (χ3v) is 3.30. The maximum absolute atomic E-state index is 11.5. The Morgan fingerprint density at radius 1 is 1.22 bits per heavy atom. The van der Waals surface area contributed by atoms with Crippen LogP contribution in [0.25, 0.3) is 11.6 Å². The van der Waals surface area contributed by atoms with Crippen LogP contribution in [-0.2, 0) is 4.79 Å². The first-order chi connectivity index (χ1) is 10.9. The van der Waals surface area contributed by atoms with Gasteiger partial charge >= 0.3 is 11.7 Å². The van der Waals surface area contributed by atoms with Crippen molar-refractivity contribution < 1.29 is 19.6 Å². The summed E-state index contributed by atoms with van der Waals surface area (Å²) in [5, 5.41) is 20.5. The number of hydrogen-bond acceptors (Lipinski definition) is 4. The van der Waals surface area contributed by atoms with Crippen molar-refractivity contribution in [2.45, 2.75) is 6.92 Å². The lowest BCUT2D eigenvalue weighted by molar-refractivity contribution is -0.385. The maximum Gasteiger partial charge on any atom is 0.336 e. The van der Waals surface area contributed by atoms with Crippen molar-refractivity contribution >= 4 is 23.3 Å². The van der Waals surface area contributed by atoms with Crippen molar-refractivity contribution in [1.82, 2.24) is 0 Å². The van der Waals surface area contributed by atoms with Crippen LogP contribution in [0.5, 0.6) is 5.75 Å². The molecule has 0 saturated heterocycles. The monoisotopic (exact) mass is 313 g/mol. The van der Waals surface area contributed by atoms with Gasteiger partial charge < -0.3 is 9.84 Å². The Labute approximate surface area is 132 Å². The Hall–Kier alpha value is -3.15. The van der Waals surface area contributed by atoms with E-state index in [4.69, 9.17) is 4.74 Å². The lowest BCUT2D eigenvalue weighted by atomic mass is 10.0. The number of carbonyl (C=O) groups is 1. The van der Waals surface area contributed by atoms with Crippen LogP contribution < -0.4 is 4.74 Å². The second-order valence-electron chi connectivity index (χ2n) is 4.92. The van der Waals surface area contributed by atoms with Crippen molar-refractivity contribution in [3.05, 3.63) is 69.3 Å². The van der Waals surface area contributed by atoms with E-state index in [0.717, 1.165) is 5.56 Å². The molecule has 0 aliphatic carbocycles. The summed E-state index contributed by atoms with van der Waals surface area (Å²) in [6.07, 6.45) is 1.40. The fraction of sp³-hybridized carbons (Fsp3) is 0.118. The molecule has 2 rings (SSSR count). The molecule has 0 atom stereocenters. The maximum atomic E-state index is 11.5. The van der Waals surface area contributed by atoms with Gasteiger partial charge in [0.2, 0.25) is 0 Å². The Kier molecular flexibility index (Phi) is 4.75. The highest BCUT2D eigenvalue weighted by Gasteiger charge is 2.16. The minimum atomic E-state index is -1.10. The van der Waals surface area contributed by atoms with Gasteiger partial charge in [0.05, 0.1) is 17.6 Å². The number of nitro groups is 1. The smallest absolute Gasteiger partial charge is 0.336 e. The molecule has 0 heterocycles. The van der Waals surface area contributed by atoms with E-state index in [0.29, 0.717) is 11.1 Å². The third kappa shape index (κ3) is 3.74. The molecule has 2 aromatic rings. The number of hydrogen-bond donors (Lipinski definition) is 1. The van der Waals surface area contributed by atoms with E-state index >= 15 is 0 Å². The number of nitrogens with zero attached hydrogens (tertiary/aromatic N) is 1. The van der Waals surface area contributed by atoms with E-state index in [1.54, 1.807) is 18.2 Å². The molecule has 0 spiro atoms. The van der Waals surface area contributed by atoms with Gasteiger partial charge in [-0.25, -0.2) is 4.79 Å². The van der Waals surface area contributed by atoms with E-state index in [1.807, 2.05) is 19.1 Å². The zero-order valence-corrected chi connectivity index (χ0v) is 12.6. The molecule has 2 aromatic carbocycles. The van der Waals surface area contributed by atoms with Gasteiger partial charge in [-0.1, -0.05) is 35.9 Å². The van der Waals surface area contributed by atoms with Gasteiger partial charge in [-0.05, 0) is 30.2 Å². The molecule has 0 aromatic heterocycles. The number of carboxylic acid groups (broad SMARTS) is 1. The normalized spacial score (nSPS) is 11.1. The van der Waals surface area contributed by atoms with Crippen LogP contribution in [0.2, 0.25) is 0 Å². The van der Waals surface area contributed by atoms with Crippen molar-refractivity contribution in [1.29, 1.82) is 0 Å². The number of aliphatic carboxylic acids is 1. The number of benzene rings is 2. The molecule has 1 N–H and O–H groups in total. The van der Waals surface area contributed by atoms with Crippen LogP contribution in [-0.4, -0.2) is 23.1 Å². The summed E-state index contributed by atoms with van der Waals surface area (Å²) < 4.78 is 4.93. The van der Waals surface area contributed by atoms with Crippen molar-refractivity contribution in [3.8, 4) is 5.75 Å². The highest BCUT2D eigenvalue weighted by Crippen LogP contribution is 2.29. The fourth-order valence-electron chi connectivity index (χ4n) is 2.11. The van der Waals surface area contributed by atoms with Gasteiger partial charge in [-0.3, -0.25) is 10.1 Å². The summed E-state index contributed by atoms with van der Waals surface area (Å²) in [6.45, 7) is 1.90. The zero-order chi connectivity index (χ0) is 17.0. The van der Waals surface area contributed by atoms with Crippen molar-refractivity contribution in [2.75, 3.05) is 7.11 Å². The van der Waals surface area contributed by atoms with Gasteiger partial charge in [-0.15, -0.1) is 0 Å². The predicted octanol–water partition coefficient (Wildman–Crippen LogP) is 3.54. The van der Waals surface area contributed by atoms with Crippen LogP contribution in [0.15, 0.2) is 42.5 Å². The summed E-state index contributed by atoms with van der Waals surface area (Å²) in [5.74, 6) is -0.980. The SMILES string of the molecule is COc1ccc(/C=C(\C(=O)O)c2ccc(C)cc2)cc1[N+](=O)[O-]. The average Bonchev–Trinajstić information content (AvgIpc) is 2.53. The number of rotatable bonds is 5. The molecule has 0 aliphatic rings. The van der Waals surface area contributed by atoms with Crippen LogP contribution in [0.1, 0.15) is 16.7 Å². The number of nitro benzene ring substituents is 1. The Morgan fingerprint density at radius 2 is 1.87 bits per heavy atom. The summed E-state index contributed by atoms with van der Waals surface area (Å²) in [4.78, 5) is 22.0. The number of methoxy groups -OCH3 is 1.